The Hall–Kier alpha value is -3.62. The van der Waals surface area contributed by atoms with Crippen LogP contribution in [0.3, 0.4) is 0 Å². The predicted molar refractivity (Wildman–Crippen MR) is 168 cm³/mol. The van der Waals surface area contributed by atoms with Gasteiger partial charge in [0.25, 0.3) is 0 Å². The molecule has 44 heavy (non-hydrogen) atoms. The summed E-state index contributed by atoms with van der Waals surface area (Å²) >= 11 is 0. The molecule has 6 heteroatoms. The van der Waals surface area contributed by atoms with Crippen LogP contribution in [0.2, 0.25) is 0 Å². The van der Waals surface area contributed by atoms with Gasteiger partial charge < -0.3 is 28.4 Å². The Labute approximate surface area is 260 Å². The van der Waals surface area contributed by atoms with E-state index in [0.29, 0.717) is 46.1 Å². The highest BCUT2D eigenvalue weighted by atomic mass is 16.7. The molecular weight excluding hydrogens is 552 g/mol. The van der Waals surface area contributed by atoms with Crippen LogP contribution in [0.5, 0.6) is 0 Å². The topological polar surface area (TPSA) is 55.4 Å². The number of ether oxygens (including phenoxy) is 6. The van der Waals surface area contributed by atoms with Crippen molar-refractivity contribution in [3.8, 4) is 0 Å². The SMILES string of the molecule is C1=CC[C@]2(OC1)O[C@H](COCc1ccccc1)[C@@H](OCc1ccccc1)[C@H](OCc1ccccc1)[C@H]2OCc1ccccc1. The van der Waals surface area contributed by atoms with Gasteiger partial charge in [0.2, 0.25) is 5.79 Å². The Morgan fingerprint density at radius 1 is 0.545 bits per heavy atom. The van der Waals surface area contributed by atoms with Gasteiger partial charge >= 0.3 is 0 Å². The van der Waals surface area contributed by atoms with E-state index < -0.39 is 30.2 Å². The van der Waals surface area contributed by atoms with E-state index in [0.717, 1.165) is 22.3 Å². The largest absolute Gasteiger partial charge is 0.374 e. The molecule has 4 aromatic carbocycles. The van der Waals surface area contributed by atoms with Gasteiger partial charge in [0.15, 0.2) is 0 Å². The zero-order chi connectivity index (χ0) is 29.9. The second-order valence-corrected chi connectivity index (χ2v) is 11.2. The summed E-state index contributed by atoms with van der Waals surface area (Å²) in [5.74, 6) is -1.06. The Morgan fingerprint density at radius 2 is 1.02 bits per heavy atom. The van der Waals surface area contributed by atoms with Crippen LogP contribution in [0.25, 0.3) is 0 Å². The van der Waals surface area contributed by atoms with E-state index >= 15 is 0 Å². The van der Waals surface area contributed by atoms with Gasteiger partial charge in [0.1, 0.15) is 24.4 Å². The van der Waals surface area contributed by atoms with Gasteiger partial charge in [-0.25, -0.2) is 0 Å². The highest BCUT2D eigenvalue weighted by molar-refractivity contribution is 5.17. The summed E-state index contributed by atoms with van der Waals surface area (Å²) in [4.78, 5) is 0. The minimum absolute atomic E-state index is 0.305. The number of rotatable bonds is 13. The third-order valence-corrected chi connectivity index (χ3v) is 8.00. The van der Waals surface area contributed by atoms with Crippen molar-refractivity contribution in [2.45, 2.75) is 63.1 Å². The van der Waals surface area contributed by atoms with Gasteiger partial charge in [-0.3, -0.25) is 0 Å². The maximum Gasteiger partial charge on any atom is 0.201 e. The Kier molecular flexibility index (Phi) is 10.6. The van der Waals surface area contributed by atoms with Gasteiger partial charge in [-0.05, 0) is 22.3 Å². The molecule has 2 aliphatic rings. The normalized spacial score (nSPS) is 24.8. The molecular formula is C38H40O6. The molecule has 0 aliphatic carbocycles. The second kappa shape index (κ2) is 15.4. The van der Waals surface area contributed by atoms with Crippen LogP contribution in [0.1, 0.15) is 28.7 Å². The minimum Gasteiger partial charge on any atom is -0.374 e. The van der Waals surface area contributed by atoms with E-state index in [9.17, 15) is 0 Å². The zero-order valence-corrected chi connectivity index (χ0v) is 24.9. The molecule has 0 radical (unpaired) electrons. The molecule has 0 N–H and O–H groups in total. The first-order valence-corrected chi connectivity index (χ1v) is 15.3. The summed E-state index contributed by atoms with van der Waals surface area (Å²) in [5, 5.41) is 0. The van der Waals surface area contributed by atoms with Crippen molar-refractivity contribution in [1.82, 2.24) is 0 Å². The molecule has 2 aliphatic heterocycles. The average Bonchev–Trinajstić information content (AvgIpc) is 3.09. The Bertz CT molecular complexity index is 1420. The first kappa shape index (κ1) is 30.4. The fraction of sp³-hybridized carbons (Fsp3) is 0.316. The highest BCUT2D eigenvalue weighted by Crippen LogP contribution is 2.41. The first-order valence-electron chi connectivity index (χ1n) is 15.3. The molecule has 0 aromatic heterocycles. The lowest BCUT2D eigenvalue weighted by Crippen LogP contribution is -2.68. The van der Waals surface area contributed by atoms with Crippen molar-refractivity contribution in [2.75, 3.05) is 13.2 Å². The fourth-order valence-corrected chi connectivity index (χ4v) is 5.76. The fourth-order valence-electron chi connectivity index (χ4n) is 5.76. The van der Waals surface area contributed by atoms with Crippen LogP contribution in [0.4, 0.5) is 0 Å². The zero-order valence-electron chi connectivity index (χ0n) is 24.9. The van der Waals surface area contributed by atoms with Gasteiger partial charge in [0.05, 0.1) is 39.6 Å². The van der Waals surface area contributed by atoms with Crippen molar-refractivity contribution < 1.29 is 28.4 Å². The molecule has 6 rings (SSSR count). The van der Waals surface area contributed by atoms with Gasteiger partial charge in [-0.15, -0.1) is 0 Å². The van der Waals surface area contributed by atoms with Crippen LogP contribution in [0, 0.1) is 0 Å². The monoisotopic (exact) mass is 592 g/mol. The summed E-state index contributed by atoms with van der Waals surface area (Å²) in [6, 6.07) is 40.6. The van der Waals surface area contributed by atoms with Crippen molar-refractivity contribution >= 4 is 0 Å². The van der Waals surface area contributed by atoms with Crippen molar-refractivity contribution in [3.63, 3.8) is 0 Å². The van der Waals surface area contributed by atoms with Crippen LogP contribution < -0.4 is 0 Å². The maximum atomic E-state index is 6.91. The van der Waals surface area contributed by atoms with Crippen LogP contribution in [-0.4, -0.2) is 43.4 Å². The van der Waals surface area contributed by atoms with E-state index in [1.54, 1.807) is 0 Å². The molecule has 6 nitrogen and oxygen atoms in total. The van der Waals surface area contributed by atoms with Crippen molar-refractivity contribution in [2.24, 2.45) is 0 Å². The third-order valence-electron chi connectivity index (χ3n) is 8.00. The smallest absolute Gasteiger partial charge is 0.201 e. The molecule has 2 heterocycles. The quantitative estimate of drug-likeness (QED) is 0.155. The van der Waals surface area contributed by atoms with Gasteiger partial charge in [-0.1, -0.05) is 133 Å². The number of hydrogen-bond donors (Lipinski definition) is 0. The van der Waals surface area contributed by atoms with Crippen LogP contribution >= 0.6 is 0 Å². The molecule has 1 fully saturated rings. The van der Waals surface area contributed by atoms with Crippen molar-refractivity contribution in [1.29, 1.82) is 0 Å². The Morgan fingerprint density at radius 3 is 1.52 bits per heavy atom. The average molecular weight is 593 g/mol. The molecule has 0 amide bonds. The summed E-state index contributed by atoms with van der Waals surface area (Å²) < 4.78 is 39.9. The molecule has 5 atom stereocenters. The molecule has 228 valence electrons. The Balaban J connectivity index is 1.31. The van der Waals surface area contributed by atoms with E-state index in [2.05, 4.69) is 54.6 Å². The minimum atomic E-state index is -1.06. The van der Waals surface area contributed by atoms with E-state index in [1.165, 1.54) is 0 Å². The summed E-state index contributed by atoms with van der Waals surface area (Å²) in [6.07, 6.45) is 2.61. The first-order chi connectivity index (χ1) is 21.8. The molecule has 0 saturated carbocycles. The lowest BCUT2D eigenvalue weighted by Gasteiger charge is -2.52. The summed E-state index contributed by atoms with van der Waals surface area (Å²) in [5.41, 5.74) is 4.29. The van der Waals surface area contributed by atoms with E-state index in [4.69, 9.17) is 28.4 Å². The number of benzene rings is 4. The van der Waals surface area contributed by atoms with Crippen molar-refractivity contribution in [3.05, 3.63) is 156 Å². The lowest BCUT2D eigenvalue weighted by molar-refractivity contribution is -0.381. The summed E-state index contributed by atoms with van der Waals surface area (Å²) in [7, 11) is 0. The molecule has 0 unspecified atom stereocenters. The van der Waals surface area contributed by atoms with E-state index in [-0.39, 0.29) is 0 Å². The van der Waals surface area contributed by atoms with Gasteiger partial charge in [-0.2, -0.15) is 0 Å². The molecule has 1 spiro atoms. The molecule has 1 saturated heterocycles. The standard InChI is InChI=1S/C38H40O6/c1-5-15-30(16-6-1)25-39-29-34-35(40-26-31-17-7-2-8-18-31)36(41-27-32-19-9-3-10-20-32)37(38(44-34)23-13-14-24-43-38)42-28-33-21-11-4-12-22-33/h1-22,34-37H,23-29H2/t34-,35-,36+,37-,38+/m1/s1. The van der Waals surface area contributed by atoms with Crippen LogP contribution in [0.15, 0.2) is 133 Å². The number of hydrogen-bond acceptors (Lipinski definition) is 6. The van der Waals surface area contributed by atoms with Crippen LogP contribution in [-0.2, 0) is 54.8 Å². The summed E-state index contributed by atoms with van der Waals surface area (Å²) in [6.45, 7) is 2.36. The predicted octanol–water partition coefficient (Wildman–Crippen LogP) is 7.03. The van der Waals surface area contributed by atoms with E-state index in [1.807, 2.05) is 78.9 Å². The highest BCUT2D eigenvalue weighted by Gasteiger charge is 2.57. The third kappa shape index (κ3) is 7.90. The second-order valence-electron chi connectivity index (χ2n) is 11.2. The van der Waals surface area contributed by atoms with Gasteiger partial charge in [0, 0.05) is 6.42 Å². The molecule has 4 aromatic rings. The molecule has 0 bridgehead atoms. The maximum absolute atomic E-state index is 6.91. The lowest BCUT2D eigenvalue weighted by atomic mass is 9.88.